The smallest absolute Gasteiger partial charge is 0.387 e. The molecule has 1 heterocycles. The second-order valence-corrected chi connectivity index (χ2v) is 6.20. The predicted octanol–water partition coefficient (Wildman–Crippen LogP) is 5.20. The van der Waals surface area contributed by atoms with E-state index in [1.165, 1.54) is 41.5 Å². The van der Waals surface area contributed by atoms with Crippen LogP contribution in [-0.4, -0.2) is 17.3 Å². The molecule has 1 aliphatic rings. The molecule has 0 spiro atoms. The third-order valence-corrected chi connectivity index (χ3v) is 4.30. The van der Waals surface area contributed by atoms with E-state index in [1.54, 1.807) is 48.6 Å². The molecule has 0 aliphatic carbocycles. The maximum absolute atomic E-state index is 13.4. The van der Waals surface area contributed by atoms with Crippen LogP contribution in [0.15, 0.2) is 96.0 Å². The lowest BCUT2D eigenvalue weighted by atomic mass is 10.0. The van der Waals surface area contributed by atoms with Crippen LogP contribution in [0.1, 0.15) is 15.9 Å². The average molecular weight is 415 g/mol. The second-order valence-electron chi connectivity index (χ2n) is 6.20. The summed E-state index contributed by atoms with van der Waals surface area (Å²) in [5, 5.41) is 18.7. The highest BCUT2D eigenvalue weighted by atomic mass is 19.3. The Hall–Kier alpha value is -4.49. The number of nitrogens with zero attached hydrogens (tertiary/aromatic N) is 3. The van der Waals surface area contributed by atoms with Crippen molar-refractivity contribution in [2.45, 2.75) is 6.61 Å². The number of Topliss-reactive ketones (excluding diaryl/α,β-unsaturated/α-hetero) is 1. The number of hydrogen-bond acceptors (Lipinski definition) is 5. The molecular weight excluding hydrogens is 400 g/mol. The van der Waals surface area contributed by atoms with E-state index in [1.807, 2.05) is 12.1 Å². The summed E-state index contributed by atoms with van der Waals surface area (Å²) < 4.78 is 30.3. The molecule has 2 aromatic rings. The molecule has 1 aliphatic heterocycles. The van der Waals surface area contributed by atoms with Crippen molar-refractivity contribution in [1.29, 1.82) is 10.5 Å². The summed E-state index contributed by atoms with van der Waals surface area (Å²) in [4.78, 5) is 14.8. The molecule has 0 radical (unpaired) electrons. The van der Waals surface area contributed by atoms with Gasteiger partial charge in [0, 0.05) is 17.3 Å². The largest absolute Gasteiger partial charge is 0.434 e. The number of para-hydroxylation sites is 1. The van der Waals surface area contributed by atoms with Gasteiger partial charge < -0.3 is 9.64 Å². The summed E-state index contributed by atoms with van der Waals surface area (Å²) in [5.41, 5.74) is 0.619. The number of nitriles is 2. The number of carbonyl (C=O) groups excluding carboxylic acids is 1. The van der Waals surface area contributed by atoms with E-state index in [2.05, 4.69) is 4.74 Å². The highest BCUT2D eigenvalue weighted by Crippen LogP contribution is 2.29. The van der Waals surface area contributed by atoms with Crippen LogP contribution in [0.2, 0.25) is 0 Å². The molecule has 0 saturated carbocycles. The number of carbonyl (C=O) groups is 1. The number of alkyl halides is 2. The fourth-order valence-electron chi connectivity index (χ4n) is 2.93. The summed E-state index contributed by atoms with van der Waals surface area (Å²) in [6.45, 7) is -3.04. The van der Waals surface area contributed by atoms with Crippen molar-refractivity contribution in [3.8, 4) is 17.9 Å². The summed E-state index contributed by atoms with van der Waals surface area (Å²) in [5.74, 6) is -0.543. The number of rotatable bonds is 6. The first-order chi connectivity index (χ1) is 15.0. The van der Waals surface area contributed by atoms with E-state index in [-0.39, 0.29) is 28.3 Å². The number of halogens is 2. The van der Waals surface area contributed by atoms with Crippen LogP contribution in [-0.2, 0) is 0 Å². The Balaban J connectivity index is 2.21. The van der Waals surface area contributed by atoms with E-state index >= 15 is 0 Å². The van der Waals surface area contributed by atoms with Crippen molar-refractivity contribution in [3.05, 3.63) is 107 Å². The Kier molecular flexibility index (Phi) is 6.72. The van der Waals surface area contributed by atoms with Gasteiger partial charge in [-0.25, -0.2) is 0 Å². The van der Waals surface area contributed by atoms with Crippen molar-refractivity contribution in [2.75, 3.05) is 0 Å². The lowest BCUT2D eigenvalue weighted by molar-refractivity contribution is -0.0499. The molecule has 0 N–H and O–H groups in total. The first-order valence-electron chi connectivity index (χ1n) is 9.09. The molecule has 0 amide bonds. The lowest BCUT2D eigenvalue weighted by Crippen LogP contribution is -2.24. The van der Waals surface area contributed by atoms with Gasteiger partial charge in [0.2, 0.25) is 5.78 Å². The average Bonchev–Trinajstić information content (AvgIpc) is 2.79. The first kappa shape index (κ1) is 21.2. The van der Waals surface area contributed by atoms with Crippen LogP contribution in [0.5, 0.6) is 5.75 Å². The third-order valence-electron chi connectivity index (χ3n) is 4.30. The molecule has 0 fully saturated rings. The van der Waals surface area contributed by atoms with Gasteiger partial charge in [0.1, 0.15) is 17.9 Å². The Labute approximate surface area is 177 Å². The van der Waals surface area contributed by atoms with Gasteiger partial charge in [-0.2, -0.15) is 19.3 Å². The van der Waals surface area contributed by atoms with Crippen LogP contribution in [0, 0.1) is 22.7 Å². The molecule has 0 unspecified atom stereocenters. The van der Waals surface area contributed by atoms with Crippen LogP contribution < -0.4 is 4.74 Å². The van der Waals surface area contributed by atoms with Crippen LogP contribution in [0.4, 0.5) is 8.78 Å². The fourth-order valence-corrected chi connectivity index (χ4v) is 2.93. The molecule has 7 heteroatoms. The van der Waals surface area contributed by atoms with Gasteiger partial charge in [-0.3, -0.25) is 4.79 Å². The molecular formula is C24H15F2N3O2. The zero-order valence-corrected chi connectivity index (χ0v) is 16.1. The fraction of sp³-hybridized carbons (Fsp3) is 0.0417. The van der Waals surface area contributed by atoms with Crippen molar-refractivity contribution in [1.82, 2.24) is 4.90 Å². The minimum absolute atomic E-state index is 0.0510. The lowest BCUT2D eigenvalue weighted by Gasteiger charge is -2.26. The molecule has 0 saturated heterocycles. The van der Waals surface area contributed by atoms with Gasteiger partial charge in [-0.05, 0) is 24.3 Å². The molecule has 0 bridgehead atoms. The second kappa shape index (κ2) is 9.82. The Morgan fingerprint density at radius 3 is 2.35 bits per heavy atom. The minimum Gasteiger partial charge on any atom is -0.434 e. The number of allylic oxidation sites excluding steroid dienone is 5. The highest BCUT2D eigenvalue weighted by molar-refractivity contribution is 6.11. The van der Waals surface area contributed by atoms with Gasteiger partial charge in [0.25, 0.3) is 0 Å². The number of hydrogen-bond donors (Lipinski definition) is 0. The third kappa shape index (κ3) is 4.92. The molecule has 0 aromatic heterocycles. The quantitative estimate of drug-likeness (QED) is 0.368. The summed E-state index contributed by atoms with van der Waals surface area (Å²) in [7, 11) is 0. The van der Waals surface area contributed by atoms with E-state index in [4.69, 9.17) is 0 Å². The zero-order chi connectivity index (χ0) is 22.2. The van der Waals surface area contributed by atoms with Crippen LogP contribution >= 0.6 is 0 Å². The maximum Gasteiger partial charge on any atom is 0.387 e. The van der Waals surface area contributed by atoms with E-state index in [9.17, 15) is 24.1 Å². The normalized spacial score (nSPS) is 13.0. The number of ether oxygens (including phenoxy) is 1. The molecule has 0 atom stereocenters. The molecule has 3 rings (SSSR count). The zero-order valence-electron chi connectivity index (χ0n) is 16.1. The SMILES string of the molecule is N#CC(C#N)=C1C=CC=CN1/C(=C/c1ccccc1OC(F)F)C(=O)c1ccccc1. The van der Waals surface area contributed by atoms with Gasteiger partial charge in [-0.15, -0.1) is 0 Å². The van der Waals surface area contributed by atoms with Gasteiger partial charge >= 0.3 is 6.61 Å². The predicted molar refractivity (Wildman–Crippen MR) is 110 cm³/mol. The van der Waals surface area contributed by atoms with Crippen molar-refractivity contribution >= 4 is 11.9 Å². The van der Waals surface area contributed by atoms with Gasteiger partial charge in [-0.1, -0.05) is 54.6 Å². The van der Waals surface area contributed by atoms with Crippen LogP contribution in [0.3, 0.4) is 0 Å². The summed E-state index contributed by atoms with van der Waals surface area (Å²) in [6, 6.07) is 18.0. The topological polar surface area (TPSA) is 77.1 Å². The van der Waals surface area contributed by atoms with Crippen LogP contribution in [0.25, 0.3) is 6.08 Å². The van der Waals surface area contributed by atoms with E-state index in [0.717, 1.165) is 0 Å². The summed E-state index contributed by atoms with van der Waals surface area (Å²) >= 11 is 0. The molecule has 2 aromatic carbocycles. The number of ketones is 1. The van der Waals surface area contributed by atoms with Gasteiger partial charge in [0.15, 0.2) is 5.57 Å². The molecule has 31 heavy (non-hydrogen) atoms. The standard InChI is InChI=1S/C24H15F2N3O2/c25-24(26)31-22-12-5-4-10-18(22)14-21(23(30)17-8-2-1-3-9-17)29-13-7-6-11-20(29)19(15-27)16-28/h1-14,24H/b21-14+. The summed E-state index contributed by atoms with van der Waals surface area (Å²) in [6.07, 6.45) is 7.69. The first-order valence-corrected chi connectivity index (χ1v) is 9.09. The Morgan fingerprint density at radius 2 is 1.68 bits per heavy atom. The van der Waals surface area contributed by atoms with Crippen molar-refractivity contribution in [2.24, 2.45) is 0 Å². The highest BCUT2D eigenvalue weighted by Gasteiger charge is 2.24. The monoisotopic (exact) mass is 415 g/mol. The van der Waals surface area contributed by atoms with E-state index < -0.39 is 12.4 Å². The number of benzene rings is 2. The van der Waals surface area contributed by atoms with E-state index in [0.29, 0.717) is 5.56 Å². The van der Waals surface area contributed by atoms with Gasteiger partial charge in [0.05, 0.1) is 11.4 Å². The molecule has 152 valence electrons. The Bertz CT molecular complexity index is 1170. The Morgan fingerprint density at radius 1 is 1.00 bits per heavy atom. The molecule has 5 nitrogen and oxygen atoms in total. The van der Waals surface area contributed by atoms with Crippen molar-refractivity contribution < 1.29 is 18.3 Å². The van der Waals surface area contributed by atoms with Crippen molar-refractivity contribution in [3.63, 3.8) is 0 Å². The maximum atomic E-state index is 13.4. The minimum atomic E-state index is -3.04.